The van der Waals surface area contributed by atoms with E-state index in [0.29, 0.717) is 11.8 Å². The van der Waals surface area contributed by atoms with Gasteiger partial charge in [0.1, 0.15) is 0 Å². The quantitative estimate of drug-likeness (QED) is 0.811. The van der Waals surface area contributed by atoms with Crippen molar-refractivity contribution in [3.63, 3.8) is 0 Å². The van der Waals surface area contributed by atoms with E-state index in [1.165, 1.54) is 19.3 Å². The van der Waals surface area contributed by atoms with Gasteiger partial charge in [0.15, 0.2) is 0 Å². The van der Waals surface area contributed by atoms with Crippen LogP contribution in [0, 0.1) is 17.3 Å². The van der Waals surface area contributed by atoms with Crippen molar-refractivity contribution in [1.29, 1.82) is 0 Å². The molecule has 2 rings (SSSR count). The van der Waals surface area contributed by atoms with Crippen LogP contribution in [0.25, 0.3) is 0 Å². The van der Waals surface area contributed by atoms with E-state index in [0.717, 1.165) is 5.56 Å². The van der Waals surface area contributed by atoms with Crippen molar-refractivity contribution in [2.24, 2.45) is 17.3 Å². The number of aliphatic hydroxyl groups excluding tert-OH is 1. The Morgan fingerprint density at radius 3 is 2.47 bits per heavy atom. The summed E-state index contributed by atoms with van der Waals surface area (Å²) in [6, 6.07) is 10.1. The van der Waals surface area contributed by atoms with E-state index < -0.39 is 0 Å². The van der Waals surface area contributed by atoms with Gasteiger partial charge in [-0.25, -0.2) is 0 Å². The number of aliphatic hydroxyl groups is 1. The first-order valence-electron chi connectivity index (χ1n) is 6.75. The second kappa shape index (κ2) is 4.81. The van der Waals surface area contributed by atoms with Gasteiger partial charge in [-0.05, 0) is 29.2 Å². The predicted octanol–water partition coefficient (Wildman–Crippen LogP) is 4.18. The lowest BCUT2D eigenvalue weighted by Gasteiger charge is -2.45. The molecule has 0 radical (unpaired) electrons. The zero-order chi connectivity index (χ0) is 12.5. The lowest BCUT2D eigenvalue weighted by atomic mass is 9.61. The highest BCUT2D eigenvalue weighted by Crippen LogP contribution is 2.49. The molecular weight excluding hydrogens is 208 g/mol. The van der Waals surface area contributed by atoms with Crippen molar-refractivity contribution in [2.45, 2.75) is 46.1 Å². The van der Waals surface area contributed by atoms with E-state index >= 15 is 0 Å². The zero-order valence-electron chi connectivity index (χ0n) is 11.2. The Balaban J connectivity index is 2.25. The van der Waals surface area contributed by atoms with Crippen LogP contribution in [0.15, 0.2) is 30.3 Å². The van der Waals surface area contributed by atoms with E-state index in [-0.39, 0.29) is 11.5 Å². The van der Waals surface area contributed by atoms with Crippen LogP contribution in [0.2, 0.25) is 0 Å². The van der Waals surface area contributed by atoms with Crippen LogP contribution in [0.3, 0.4) is 0 Å². The second-order valence-electron chi connectivity index (χ2n) is 6.24. The minimum atomic E-state index is -0.318. The topological polar surface area (TPSA) is 20.2 Å². The Labute approximate surface area is 105 Å². The lowest BCUT2D eigenvalue weighted by Crippen LogP contribution is -2.37. The Morgan fingerprint density at radius 2 is 1.88 bits per heavy atom. The van der Waals surface area contributed by atoms with Gasteiger partial charge in [-0.2, -0.15) is 0 Å². The third kappa shape index (κ3) is 2.55. The fourth-order valence-electron chi connectivity index (χ4n) is 3.59. The van der Waals surface area contributed by atoms with E-state index in [1.807, 2.05) is 30.3 Å². The molecule has 0 amide bonds. The summed E-state index contributed by atoms with van der Waals surface area (Å²) in [5, 5.41) is 10.7. The summed E-state index contributed by atoms with van der Waals surface area (Å²) in [5.41, 5.74) is 1.31. The molecule has 1 aliphatic carbocycles. The largest absolute Gasteiger partial charge is 0.388 e. The van der Waals surface area contributed by atoms with Crippen LogP contribution in [0.1, 0.15) is 51.7 Å². The van der Waals surface area contributed by atoms with Gasteiger partial charge < -0.3 is 5.11 Å². The summed E-state index contributed by atoms with van der Waals surface area (Å²) in [5.74, 6) is 0.979. The molecule has 3 atom stereocenters. The molecule has 0 bridgehead atoms. The molecule has 17 heavy (non-hydrogen) atoms. The van der Waals surface area contributed by atoms with Crippen molar-refractivity contribution in [3.8, 4) is 0 Å². The maximum Gasteiger partial charge on any atom is 0.0825 e. The van der Waals surface area contributed by atoms with Crippen LogP contribution < -0.4 is 0 Å². The van der Waals surface area contributed by atoms with E-state index in [4.69, 9.17) is 0 Å². The zero-order valence-corrected chi connectivity index (χ0v) is 11.2. The fraction of sp³-hybridized carbons (Fsp3) is 0.625. The normalized spacial score (nSPS) is 29.9. The highest BCUT2D eigenvalue weighted by atomic mass is 16.3. The molecule has 94 valence electrons. The summed E-state index contributed by atoms with van der Waals surface area (Å²) in [6.07, 6.45) is 3.46. The smallest absolute Gasteiger partial charge is 0.0825 e. The first-order valence-corrected chi connectivity index (χ1v) is 6.75. The van der Waals surface area contributed by atoms with Gasteiger partial charge in [0, 0.05) is 0 Å². The molecule has 1 saturated carbocycles. The molecule has 0 aromatic heterocycles. The van der Waals surface area contributed by atoms with Gasteiger partial charge in [0.05, 0.1) is 6.10 Å². The summed E-state index contributed by atoms with van der Waals surface area (Å²) < 4.78 is 0. The van der Waals surface area contributed by atoms with Crippen molar-refractivity contribution in [2.75, 3.05) is 0 Å². The molecule has 1 aromatic carbocycles. The number of hydrogen-bond acceptors (Lipinski definition) is 1. The molecule has 0 saturated heterocycles. The van der Waals surface area contributed by atoms with Crippen LogP contribution in [-0.2, 0) is 0 Å². The monoisotopic (exact) mass is 232 g/mol. The van der Waals surface area contributed by atoms with Crippen LogP contribution in [0.5, 0.6) is 0 Å². The Bertz CT molecular complexity index is 355. The summed E-state index contributed by atoms with van der Waals surface area (Å²) in [4.78, 5) is 0. The fourth-order valence-corrected chi connectivity index (χ4v) is 3.59. The highest BCUT2D eigenvalue weighted by Gasteiger charge is 2.41. The summed E-state index contributed by atoms with van der Waals surface area (Å²) in [6.45, 7) is 6.90. The Morgan fingerprint density at radius 1 is 1.24 bits per heavy atom. The minimum Gasteiger partial charge on any atom is -0.388 e. The molecule has 1 fully saturated rings. The average Bonchev–Trinajstić information content (AvgIpc) is 2.28. The standard InChI is InChI=1S/C16H24O/c1-12-8-7-11-16(2,3)14(12)15(17)13-9-5-4-6-10-13/h4-6,9-10,12,14-15,17H,7-8,11H2,1-3H3/t12-,14-,15?/m0/s1. The first kappa shape index (κ1) is 12.6. The molecule has 1 aliphatic rings. The van der Waals surface area contributed by atoms with Crippen molar-refractivity contribution in [1.82, 2.24) is 0 Å². The van der Waals surface area contributed by atoms with Crippen molar-refractivity contribution in [3.05, 3.63) is 35.9 Å². The molecule has 0 spiro atoms. The molecule has 1 nitrogen and oxygen atoms in total. The molecular formula is C16H24O. The highest BCUT2D eigenvalue weighted by molar-refractivity contribution is 5.19. The Kier molecular flexibility index (Phi) is 3.58. The third-order valence-electron chi connectivity index (χ3n) is 4.48. The van der Waals surface area contributed by atoms with E-state index in [1.54, 1.807) is 0 Å². The number of benzene rings is 1. The third-order valence-corrected chi connectivity index (χ3v) is 4.48. The minimum absolute atomic E-state index is 0.243. The molecule has 1 aromatic rings. The van der Waals surface area contributed by atoms with E-state index in [9.17, 15) is 5.11 Å². The number of hydrogen-bond donors (Lipinski definition) is 1. The van der Waals surface area contributed by atoms with Gasteiger partial charge in [0.2, 0.25) is 0 Å². The van der Waals surface area contributed by atoms with Gasteiger partial charge in [-0.3, -0.25) is 0 Å². The van der Waals surface area contributed by atoms with Gasteiger partial charge >= 0.3 is 0 Å². The summed E-state index contributed by atoms with van der Waals surface area (Å²) in [7, 11) is 0. The van der Waals surface area contributed by atoms with Gasteiger partial charge in [-0.1, -0.05) is 63.9 Å². The van der Waals surface area contributed by atoms with Gasteiger partial charge in [0.25, 0.3) is 0 Å². The van der Waals surface area contributed by atoms with E-state index in [2.05, 4.69) is 20.8 Å². The van der Waals surface area contributed by atoms with Crippen LogP contribution in [0.4, 0.5) is 0 Å². The SMILES string of the molecule is C[C@H]1CCCC(C)(C)[C@@H]1C(O)c1ccccc1. The maximum atomic E-state index is 10.7. The molecule has 1 unspecified atom stereocenters. The average molecular weight is 232 g/mol. The van der Waals surface area contributed by atoms with Crippen LogP contribution in [-0.4, -0.2) is 5.11 Å². The second-order valence-corrected chi connectivity index (χ2v) is 6.24. The molecule has 0 heterocycles. The lowest BCUT2D eigenvalue weighted by molar-refractivity contribution is -0.0292. The number of rotatable bonds is 2. The molecule has 0 aliphatic heterocycles. The maximum absolute atomic E-state index is 10.7. The summed E-state index contributed by atoms with van der Waals surface area (Å²) >= 11 is 0. The van der Waals surface area contributed by atoms with Crippen molar-refractivity contribution >= 4 is 0 Å². The Hall–Kier alpha value is -0.820. The molecule has 1 N–H and O–H groups in total. The van der Waals surface area contributed by atoms with Gasteiger partial charge in [-0.15, -0.1) is 0 Å². The van der Waals surface area contributed by atoms with Crippen LogP contribution >= 0.6 is 0 Å². The van der Waals surface area contributed by atoms with Crippen molar-refractivity contribution < 1.29 is 5.11 Å². The first-order chi connectivity index (χ1) is 8.02. The predicted molar refractivity (Wildman–Crippen MR) is 71.7 cm³/mol. The molecule has 1 heteroatoms.